The normalized spacial score (nSPS) is 10.3. The highest BCUT2D eigenvalue weighted by Crippen LogP contribution is 2.18. The van der Waals surface area contributed by atoms with Gasteiger partial charge in [0.05, 0.1) is 0 Å². The smallest absolute Gasteiger partial charge is 0.207 e. The Kier molecular flexibility index (Phi) is 2.92. The molecule has 0 fully saturated rings. The Labute approximate surface area is 93.7 Å². The minimum Gasteiger partial charge on any atom is -0.356 e. The molecule has 1 N–H and O–H groups in total. The molecule has 0 atom stereocenters. The molecule has 2 rings (SSSR count). The topological polar surface area (TPSA) is 29.9 Å². The maximum absolute atomic E-state index is 5.94. The van der Waals surface area contributed by atoms with Gasteiger partial charge in [0.25, 0.3) is 0 Å². The summed E-state index contributed by atoms with van der Waals surface area (Å²) in [5, 5.41) is 3.91. The minimum absolute atomic E-state index is 0.726. The molecule has 0 aliphatic heterocycles. The number of halogens is 1. The van der Waals surface area contributed by atoms with E-state index in [1.165, 1.54) is 0 Å². The largest absolute Gasteiger partial charge is 0.356 e. The highest BCUT2D eigenvalue weighted by molar-refractivity contribution is 6.30. The molecular weight excluding hydrogens is 210 g/mol. The number of anilines is 1. The Morgan fingerprint density at radius 2 is 2.33 bits per heavy atom. The summed E-state index contributed by atoms with van der Waals surface area (Å²) < 4.78 is 1.97. The summed E-state index contributed by atoms with van der Waals surface area (Å²) in [4.78, 5) is 4.22. The first-order chi connectivity index (χ1) is 7.31. The number of hydrogen-bond acceptors (Lipinski definition) is 2. The second-order valence-corrected chi connectivity index (χ2v) is 3.57. The van der Waals surface area contributed by atoms with Gasteiger partial charge >= 0.3 is 0 Å². The van der Waals surface area contributed by atoms with E-state index in [2.05, 4.69) is 10.3 Å². The van der Waals surface area contributed by atoms with Crippen molar-refractivity contribution in [1.29, 1.82) is 0 Å². The van der Waals surface area contributed by atoms with Crippen molar-refractivity contribution in [3.63, 3.8) is 0 Å². The third-order valence-electron chi connectivity index (χ3n) is 2.06. The second kappa shape index (κ2) is 4.36. The van der Waals surface area contributed by atoms with E-state index in [9.17, 15) is 0 Å². The molecule has 0 saturated heterocycles. The van der Waals surface area contributed by atoms with Gasteiger partial charge in [0.15, 0.2) is 0 Å². The lowest BCUT2D eigenvalue weighted by Gasteiger charge is -2.08. The third kappa shape index (κ3) is 2.13. The predicted octanol–water partition coefficient (Wildman–Crippen LogP) is 2.96. The number of nitrogens with one attached hydrogen (secondary N) is 1. The van der Waals surface area contributed by atoms with Crippen LogP contribution < -0.4 is 5.32 Å². The van der Waals surface area contributed by atoms with E-state index in [4.69, 9.17) is 11.6 Å². The number of rotatable bonds is 3. The van der Waals surface area contributed by atoms with Crippen LogP contribution in [0.25, 0.3) is 5.69 Å². The molecule has 0 aliphatic carbocycles. The van der Waals surface area contributed by atoms with Gasteiger partial charge in [-0.1, -0.05) is 17.7 Å². The van der Waals surface area contributed by atoms with Gasteiger partial charge in [-0.25, -0.2) is 4.98 Å². The van der Waals surface area contributed by atoms with Crippen molar-refractivity contribution in [1.82, 2.24) is 9.55 Å². The molecule has 0 aliphatic rings. The lowest BCUT2D eigenvalue weighted by molar-refractivity contribution is 1.02. The molecule has 4 heteroatoms. The summed E-state index contributed by atoms with van der Waals surface area (Å²) in [5.74, 6) is 0.833. The molecule has 0 amide bonds. The Balaban J connectivity index is 2.40. The molecule has 1 aromatic carbocycles. The van der Waals surface area contributed by atoms with Gasteiger partial charge in [-0.05, 0) is 25.1 Å². The van der Waals surface area contributed by atoms with E-state index < -0.39 is 0 Å². The first kappa shape index (κ1) is 10.1. The number of benzene rings is 1. The molecule has 2 aromatic rings. The van der Waals surface area contributed by atoms with E-state index in [0.29, 0.717) is 0 Å². The molecule has 1 heterocycles. The Bertz CT molecular complexity index is 451. The third-order valence-corrected chi connectivity index (χ3v) is 2.30. The average Bonchev–Trinajstić information content (AvgIpc) is 2.66. The van der Waals surface area contributed by atoms with Crippen molar-refractivity contribution in [3.8, 4) is 5.69 Å². The lowest BCUT2D eigenvalue weighted by atomic mass is 10.3. The van der Waals surface area contributed by atoms with Gasteiger partial charge in [-0.15, -0.1) is 0 Å². The molecule has 0 unspecified atom stereocenters. The second-order valence-electron chi connectivity index (χ2n) is 3.13. The molecular formula is C11H12ClN3. The SMILES string of the molecule is CCNc1nccn1-c1cccc(Cl)c1. The summed E-state index contributed by atoms with van der Waals surface area (Å²) in [7, 11) is 0. The number of imidazole rings is 1. The molecule has 15 heavy (non-hydrogen) atoms. The fourth-order valence-electron chi connectivity index (χ4n) is 1.43. The fourth-order valence-corrected chi connectivity index (χ4v) is 1.61. The van der Waals surface area contributed by atoms with Crippen LogP contribution in [-0.4, -0.2) is 16.1 Å². The van der Waals surface area contributed by atoms with Crippen LogP contribution in [0.3, 0.4) is 0 Å². The maximum atomic E-state index is 5.94. The summed E-state index contributed by atoms with van der Waals surface area (Å²) >= 11 is 5.94. The summed E-state index contributed by atoms with van der Waals surface area (Å²) in [6.07, 6.45) is 3.67. The average molecular weight is 222 g/mol. The highest BCUT2D eigenvalue weighted by Gasteiger charge is 2.03. The molecule has 0 radical (unpaired) electrons. The Morgan fingerprint density at radius 1 is 1.47 bits per heavy atom. The van der Waals surface area contributed by atoms with Crippen molar-refractivity contribution in [3.05, 3.63) is 41.7 Å². The van der Waals surface area contributed by atoms with Crippen LogP contribution in [0.15, 0.2) is 36.7 Å². The van der Waals surface area contributed by atoms with E-state index in [1.807, 2.05) is 42.0 Å². The van der Waals surface area contributed by atoms with Crippen LogP contribution >= 0.6 is 11.6 Å². The van der Waals surface area contributed by atoms with Gasteiger partial charge in [-0.3, -0.25) is 4.57 Å². The van der Waals surface area contributed by atoms with Crippen molar-refractivity contribution >= 4 is 17.5 Å². The van der Waals surface area contributed by atoms with Crippen LogP contribution in [0.5, 0.6) is 0 Å². The molecule has 0 saturated carbocycles. The first-order valence-corrected chi connectivity index (χ1v) is 5.22. The van der Waals surface area contributed by atoms with Crippen molar-refractivity contribution in [2.24, 2.45) is 0 Å². The summed E-state index contributed by atoms with van der Waals surface area (Å²) in [5.41, 5.74) is 1.01. The zero-order valence-electron chi connectivity index (χ0n) is 8.44. The fraction of sp³-hybridized carbons (Fsp3) is 0.182. The van der Waals surface area contributed by atoms with E-state index >= 15 is 0 Å². The van der Waals surface area contributed by atoms with Gasteiger partial charge in [-0.2, -0.15) is 0 Å². The molecule has 78 valence electrons. The van der Waals surface area contributed by atoms with Crippen LogP contribution in [0.2, 0.25) is 5.02 Å². The Hall–Kier alpha value is -1.48. The van der Waals surface area contributed by atoms with E-state index in [-0.39, 0.29) is 0 Å². The van der Waals surface area contributed by atoms with Crippen molar-refractivity contribution in [2.45, 2.75) is 6.92 Å². The molecule has 0 bridgehead atoms. The van der Waals surface area contributed by atoms with Gasteiger partial charge in [0.1, 0.15) is 0 Å². The zero-order valence-corrected chi connectivity index (χ0v) is 9.20. The van der Waals surface area contributed by atoms with Crippen LogP contribution in [0.4, 0.5) is 5.95 Å². The lowest BCUT2D eigenvalue weighted by Crippen LogP contribution is -2.04. The first-order valence-electron chi connectivity index (χ1n) is 4.84. The summed E-state index contributed by atoms with van der Waals surface area (Å²) in [6, 6.07) is 7.68. The number of nitrogens with zero attached hydrogens (tertiary/aromatic N) is 2. The minimum atomic E-state index is 0.726. The molecule has 1 aromatic heterocycles. The van der Waals surface area contributed by atoms with E-state index in [1.54, 1.807) is 6.20 Å². The highest BCUT2D eigenvalue weighted by atomic mass is 35.5. The van der Waals surface area contributed by atoms with Crippen LogP contribution in [0.1, 0.15) is 6.92 Å². The monoisotopic (exact) mass is 221 g/mol. The standard InChI is InChI=1S/C11H12ClN3/c1-2-13-11-14-6-7-15(11)10-5-3-4-9(12)8-10/h3-8H,2H2,1H3,(H,13,14). The Morgan fingerprint density at radius 3 is 3.07 bits per heavy atom. The van der Waals surface area contributed by atoms with Gasteiger partial charge in [0.2, 0.25) is 5.95 Å². The van der Waals surface area contributed by atoms with Crippen LogP contribution in [-0.2, 0) is 0 Å². The van der Waals surface area contributed by atoms with E-state index in [0.717, 1.165) is 23.2 Å². The number of hydrogen-bond donors (Lipinski definition) is 1. The quantitative estimate of drug-likeness (QED) is 0.864. The van der Waals surface area contributed by atoms with Crippen molar-refractivity contribution < 1.29 is 0 Å². The van der Waals surface area contributed by atoms with Gasteiger partial charge < -0.3 is 5.32 Å². The molecule has 3 nitrogen and oxygen atoms in total. The summed E-state index contributed by atoms with van der Waals surface area (Å²) in [6.45, 7) is 2.88. The number of aromatic nitrogens is 2. The maximum Gasteiger partial charge on any atom is 0.207 e. The van der Waals surface area contributed by atoms with Gasteiger partial charge in [0, 0.05) is 29.6 Å². The van der Waals surface area contributed by atoms with Crippen LogP contribution in [0, 0.1) is 0 Å². The molecule has 0 spiro atoms. The van der Waals surface area contributed by atoms with Crippen molar-refractivity contribution in [2.75, 3.05) is 11.9 Å². The predicted molar refractivity (Wildman–Crippen MR) is 62.7 cm³/mol. The zero-order chi connectivity index (χ0) is 10.7.